The fraction of sp³-hybridized carbons (Fsp3) is 0.0500. The number of benzene rings is 2. The first-order valence-corrected chi connectivity index (χ1v) is 8.11. The normalized spacial score (nSPS) is 10.8. The minimum absolute atomic E-state index is 0.0837. The van der Waals surface area contributed by atoms with Crippen LogP contribution in [0.2, 0.25) is 0 Å². The molecule has 0 atom stereocenters. The molecule has 0 aliphatic carbocycles. The lowest BCUT2D eigenvalue weighted by Gasteiger charge is -2.09. The van der Waals surface area contributed by atoms with Crippen LogP contribution in [0.4, 0.5) is 5.69 Å². The second kappa shape index (κ2) is 6.68. The van der Waals surface area contributed by atoms with Gasteiger partial charge in [0.1, 0.15) is 18.1 Å². The number of nitrogens with zero attached hydrogens (tertiary/aromatic N) is 3. The van der Waals surface area contributed by atoms with Crippen LogP contribution in [0.3, 0.4) is 0 Å². The first-order valence-electron chi connectivity index (χ1n) is 8.11. The van der Waals surface area contributed by atoms with E-state index in [9.17, 15) is 4.79 Å². The Labute approximate surface area is 149 Å². The molecule has 0 unspecified atom stereocenters. The van der Waals surface area contributed by atoms with E-state index >= 15 is 0 Å². The van der Waals surface area contributed by atoms with Gasteiger partial charge in [0, 0.05) is 29.5 Å². The number of anilines is 1. The number of aromatic nitrogens is 3. The van der Waals surface area contributed by atoms with Crippen molar-refractivity contribution in [3.8, 4) is 11.4 Å². The molecule has 6 heteroatoms. The van der Waals surface area contributed by atoms with Gasteiger partial charge in [0.05, 0.1) is 11.2 Å². The number of nitrogens with two attached hydrogens (primary N) is 1. The summed E-state index contributed by atoms with van der Waals surface area (Å²) in [4.78, 5) is 16.4. The third kappa shape index (κ3) is 3.25. The molecule has 26 heavy (non-hydrogen) atoms. The zero-order valence-corrected chi connectivity index (χ0v) is 13.9. The maximum atomic E-state index is 12.1. The number of pyridine rings is 1. The van der Waals surface area contributed by atoms with Crippen LogP contribution >= 0.6 is 0 Å². The van der Waals surface area contributed by atoms with Crippen molar-refractivity contribution >= 4 is 16.6 Å². The summed E-state index contributed by atoms with van der Waals surface area (Å²) in [6.07, 6.45) is 3.37. The van der Waals surface area contributed by atoms with Crippen molar-refractivity contribution in [2.75, 3.05) is 5.73 Å². The summed E-state index contributed by atoms with van der Waals surface area (Å²) in [6, 6.07) is 18.2. The van der Waals surface area contributed by atoms with Crippen LogP contribution in [-0.4, -0.2) is 14.8 Å². The number of hydrogen-bond donors (Lipinski definition) is 1. The molecule has 0 amide bonds. The molecule has 0 spiro atoms. The predicted octanol–water partition coefficient (Wildman–Crippen LogP) is 2.94. The van der Waals surface area contributed by atoms with Gasteiger partial charge in [-0.2, -0.15) is 5.10 Å². The molecule has 0 fully saturated rings. The van der Waals surface area contributed by atoms with Crippen molar-refractivity contribution in [1.82, 2.24) is 14.8 Å². The van der Waals surface area contributed by atoms with Crippen LogP contribution < -0.4 is 15.9 Å². The Morgan fingerprint density at radius 2 is 1.88 bits per heavy atom. The van der Waals surface area contributed by atoms with E-state index in [1.54, 1.807) is 29.2 Å². The number of nitrogen functional groups attached to an aromatic ring is 1. The van der Waals surface area contributed by atoms with E-state index in [4.69, 9.17) is 10.5 Å². The molecule has 0 radical (unpaired) electrons. The van der Waals surface area contributed by atoms with E-state index in [0.717, 1.165) is 16.6 Å². The Hall–Kier alpha value is -3.67. The van der Waals surface area contributed by atoms with E-state index in [1.165, 1.54) is 6.07 Å². The molecule has 6 nitrogen and oxygen atoms in total. The minimum Gasteiger partial charge on any atom is -0.487 e. The van der Waals surface area contributed by atoms with Crippen molar-refractivity contribution in [2.24, 2.45) is 0 Å². The van der Waals surface area contributed by atoms with Gasteiger partial charge in [-0.3, -0.25) is 9.78 Å². The van der Waals surface area contributed by atoms with Crippen molar-refractivity contribution < 1.29 is 4.74 Å². The Bertz CT molecular complexity index is 1120. The summed E-state index contributed by atoms with van der Waals surface area (Å²) >= 11 is 0. The van der Waals surface area contributed by atoms with E-state index < -0.39 is 0 Å². The average Bonchev–Trinajstić information content (AvgIpc) is 2.68. The molecule has 2 aromatic heterocycles. The van der Waals surface area contributed by atoms with Crippen LogP contribution in [0, 0.1) is 0 Å². The van der Waals surface area contributed by atoms with E-state index in [0.29, 0.717) is 17.1 Å². The summed E-state index contributed by atoms with van der Waals surface area (Å²) in [6.45, 7) is 0.0837. The minimum atomic E-state index is -0.167. The predicted molar refractivity (Wildman–Crippen MR) is 100 cm³/mol. The van der Waals surface area contributed by atoms with Gasteiger partial charge in [-0.25, -0.2) is 4.68 Å². The lowest BCUT2D eigenvalue weighted by Crippen LogP contribution is -2.17. The van der Waals surface area contributed by atoms with Gasteiger partial charge in [0.25, 0.3) is 0 Å². The first-order chi connectivity index (χ1) is 12.7. The quantitative estimate of drug-likeness (QED) is 0.576. The van der Waals surface area contributed by atoms with Gasteiger partial charge in [-0.05, 0) is 48.5 Å². The lowest BCUT2D eigenvalue weighted by molar-refractivity contribution is 0.298. The molecule has 0 bridgehead atoms. The number of ether oxygens (including phenoxy) is 1. The highest BCUT2D eigenvalue weighted by atomic mass is 16.5. The molecular formula is C20H16N4O2. The fourth-order valence-corrected chi connectivity index (χ4v) is 2.61. The molecule has 0 aliphatic rings. The van der Waals surface area contributed by atoms with Crippen LogP contribution in [-0.2, 0) is 6.61 Å². The summed E-state index contributed by atoms with van der Waals surface area (Å²) in [5, 5.41) is 5.35. The smallest absolute Gasteiger partial charge is 0.206 e. The Kier molecular flexibility index (Phi) is 4.07. The Balaban J connectivity index is 1.58. The van der Waals surface area contributed by atoms with Gasteiger partial charge in [0.15, 0.2) is 0 Å². The highest BCUT2D eigenvalue weighted by Gasteiger charge is 2.06. The second-order valence-electron chi connectivity index (χ2n) is 5.81. The molecule has 2 N–H and O–H groups in total. The Morgan fingerprint density at radius 3 is 2.73 bits per heavy atom. The van der Waals surface area contributed by atoms with Gasteiger partial charge in [-0.1, -0.05) is 6.07 Å². The molecule has 2 heterocycles. The number of rotatable bonds is 4. The molecule has 0 saturated heterocycles. The summed E-state index contributed by atoms with van der Waals surface area (Å²) in [7, 11) is 0. The van der Waals surface area contributed by atoms with Crippen LogP contribution in [0.15, 0.2) is 77.9 Å². The summed E-state index contributed by atoms with van der Waals surface area (Å²) in [5.74, 6) is 0.662. The third-order valence-electron chi connectivity index (χ3n) is 3.99. The van der Waals surface area contributed by atoms with Crippen LogP contribution in [0.1, 0.15) is 5.69 Å². The molecule has 4 rings (SSSR count). The SMILES string of the molecule is Nc1ccc(-n2ccc(=O)c(COc3ccc4ncccc4c3)n2)cc1. The highest BCUT2D eigenvalue weighted by molar-refractivity contribution is 5.79. The number of fused-ring (bicyclic) bond motifs is 1. The first kappa shape index (κ1) is 15.8. The van der Waals surface area contributed by atoms with Gasteiger partial charge in [0.2, 0.25) is 5.43 Å². The molecule has 0 saturated carbocycles. The zero-order valence-electron chi connectivity index (χ0n) is 13.9. The van der Waals surface area contributed by atoms with Crippen molar-refractivity contribution in [3.05, 3.63) is 89.0 Å². The largest absolute Gasteiger partial charge is 0.487 e. The zero-order chi connectivity index (χ0) is 17.9. The van der Waals surface area contributed by atoms with E-state index in [-0.39, 0.29) is 12.0 Å². The number of hydrogen-bond acceptors (Lipinski definition) is 5. The topological polar surface area (TPSA) is 83.0 Å². The second-order valence-corrected chi connectivity index (χ2v) is 5.81. The standard InChI is InChI=1S/C20H16N4O2/c21-15-3-5-16(6-4-15)24-11-9-20(25)19(23-24)13-26-17-7-8-18-14(12-17)2-1-10-22-18/h1-12H,13,21H2. The average molecular weight is 344 g/mol. The van der Waals surface area contributed by atoms with Crippen LogP contribution in [0.25, 0.3) is 16.6 Å². The molecule has 128 valence electrons. The maximum absolute atomic E-state index is 12.1. The van der Waals surface area contributed by atoms with Gasteiger partial charge >= 0.3 is 0 Å². The monoisotopic (exact) mass is 344 g/mol. The van der Waals surface area contributed by atoms with Gasteiger partial charge in [-0.15, -0.1) is 0 Å². The molecule has 2 aromatic carbocycles. The molecule has 4 aromatic rings. The summed E-state index contributed by atoms with van der Waals surface area (Å²) < 4.78 is 7.40. The van der Waals surface area contributed by atoms with E-state index in [2.05, 4.69) is 10.1 Å². The summed E-state index contributed by atoms with van der Waals surface area (Å²) in [5.41, 5.74) is 8.25. The van der Waals surface area contributed by atoms with E-state index in [1.807, 2.05) is 42.5 Å². The van der Waals surface area contributed by atoms with Crippen molar-refractivity contribution in [3.63, 3.8) is 0 Å². The van der Waals surface area contributed by atoms with Crippen LogP contribution in [0.5, 0.6) is 5.75 Å². The molecular weight excluding hydrogens is 328 g/mol. The highest BCUT2D eigenvalue weighted by Crippen LogP contribution is 2.19. The third-order valence-corrected chi connectivity index (χ3v) is 3.99. The Morgan fingerprint density at radius 1 is 1.04 bits per heavy atom. The molecule has 0 aliphatic heterocycles. The van der Waals surface area contributed by atoms with Crippen molar-refractivity contribution in [1.29, 1.82) is 0 Å². The maximum Gasteiger partial charge on any atom is 0.206 e. The van der Waals surface area contributed by atoms with Gasteiger partial charge < -0.3 is 10.5 Å². The fourth-order valence-electron chi connectivity index (χ4n) is 2.61. The van der Waals surface area contributed by atoms with Crippen molar-refractivity contribution in [2.45, 2.75) is 6.61 Å². The lowest BCUT2D eigenvalue weighted by atomic mass is 10.2.